The Labute approximate surface area is 242 Å². The van der Waals surface area contributed by atoms with Crippen LogP contribution in [0.2, 0.25) is 0 Å². The number of nitrogens with one attached hydrogen (secondary N) is 1. The Kier molecular flexibility index (Phi) is 8.74. The molecule has 0 fully saturated rings. The molecule has 4 rings (SSSR count). The third-order valence-corrected chi connectivity index (χ3v) is 6.50. The van der Waals surface area contributed by atoms with Gasteiger partial charge in [-0.2, -0.15) is 0 Å². The van der Waals surface area contributed by atoms with Crippen molar-refractivity contribution in [1.29, 1.82) is 0 Å². The van der Waals surface area contributed by atoms with Crippen LogP contribution >= 0.6 is 0 Å². The van der Waals surface area contributed by atoms with E-state index in [-0.39, 0.29) is 24.0 Å². The zero-order valence-corrected chi connectivity index (χ0v) is 24.0. The first-order valence-electron chi connectivity index (χ1n) is 13.2. The summed E-state index contributed by atoms with van der Waals surface area (Å²) in [5, 5.41) is 2.52. The molecule has 2 aromatic carbocycles. The first-order chi connectivity index (χ1) is 19.9. The molecule has 2 atom stereocenters. The molecule has 2 heterocycles. The number of imidazole rings is 1. The van der Waals surface area contributed by atoms with E-state index < -0.39 is 47.5 Å². The van der Waals surface area contributed by atoms with Gasteiger partial charge in [-0.05, 0) is 50.6 Å². The summed E-state index contributed by atoms with van der Waals surface area (Å²) in [6.45, 7) is 5.15. The fraction of sp³-hybridized carbons (Fsp3) is 0.333. The molecule has 0 saturated carbocycles. The summed E-state index contributed by atoms with van der Waals surface area (Å²) in [6, 6.07) is 11.4. The second kappa shape index (κ2) is 12.2. The largest absolute Gasteiger partial charge is 0.467 e. The molecule has 0 saturated heterocycles. The van der Waals surface area contributed by atoms with E-state index in [9.17, 15) is 24.0 Å². The van der Waals surface area contributed by atoms with E-state index in [1.165, 1.54) is 14.2 Å². The molecule has 0 aliphatic carbocycles. The van der Waals surface area contributed by atoms with E-state index in [0.29, 0.717) is 11.3 Å². The van der Waals surface area contributed by atoms with Gasteiger partial charge in [-0.3, -0.25) is 14.5 Å². The predicted octanol–water partition coefficient (Wildman–Crippen LogP) is 2.86. The maximum Gasteiger partial charge on any atom is 0.408 e. The van der Waals surface area contributed by atoms with Crippen LogP contribution in [0.5, 0.6) is 0 Å². The molecule has 0 unspecified atom stereocenters. The van der Waals surface area contributed by atoms with Gasteiger partial charge in [0.15, 0.2) is 0 Å². The summed E-state index contributed by atoms with van der Waals surface area (Å²) in [4.78, 5) is 68.5. The Morgan fingerprint density at radius 1 is 0.881 bits per heavy atom. The number of fused-ring (bicyclic) bond motifs is 1. The number of carbonyl (C=O) groups excluding carboxylic acids is 5. The summed E-state index contributed by atoms with van der Waals surface area (Å²) in [7, 11) is 2.44. The Hall–Kier alpha value is -5.00. The topological polar surface area (TPSA) is 146 Å². The van der Waals surface area contributed by atoms with Crippen molar-refractivity contribution in [3.05, 3.63) is 83.4 Å². The molecule has 1 aromatic heterocycles. The second-order valence-corrected chi connectivity index (χ2v) is 10.6. The molecule has 220 valence electrons. The molecule has 42 heavy (non-hydrogen) atoms. The van der Waals surface area contributed by atoms with Crippen molar-refractivity contribution in [1.82, 2.24) is 19.8 Å². The minimum atomic E-state index is -1.14. The number of ether oxygens (including phenoxy) is 3. The van der Waals surface area contributed by atoms with Crippen LogP contribution in [0.3, 0.4) is 0 Å². The first-order valence-corrected chi connectivity index (χ1v) is 13.2. The standard InChI is InChI=1S/C30H32N4O8/c1-30(2,3)42-29(39)32-23(27(37)40-4)15-19-16-33(17-31-19)20-12-10-18(11-13-20)14-24(28(38)41-5)34-25(35)21-8-6-7-9-22(21)26(34)36/h6-13,16-17,23-24H,14-15H2,1-5H3,(H,32,39)/t23-,24-/m1/s1. The zero-order valence-electron chi connectivity index (χ0n) is 24.0. The molecule has 3 aromatic rings. The van der Waals surface area contributed by atoms with Gasteiger partial charge < -0.3 is 24.1 Å². The second-order valence-electron chi connectivity index (χ2n) is 10.6. The van der Waals surface area contributed by atoms with Crippen LogP contribution in [-0.4, -0.2) is 76.2 Å². The van der Waals surface area contributed by atoms with Crippen LogP contribution in [0, 0.1) is 0 Å². The summed E-state index contributed by atoms with van der Waals surface area (Å²) in [5.41, 5.74) is 1.69. The quantitative estimate of drug-likeness (QED) is 0.231. The predicted molar refractivity (Wildman–Crippen MR) is 149 cm³/mol. The van der Waals surface area contributed by atoms with Gasteiger partial charge in [0.05, 0.1) is 37.4 Å². The highest BCUT2D eigenvalue weighted by Gasteiger charge is 2.43. The number of aromatic nitrogens is 2. The molecule has 0 radical (unpaired) electrons. The molecule has 3 amide bonds. The zero-order chi connectivity index (χ0) is 30.6. The maximum absolute atomic E-state index is 13.0. The Morgan fingerprint density at radius 2 is 1.48 bits per heavy atom. The maximum atomic E-state index is 13.0. The average molecular weight is 577 g/mol. The molecule has 0 spiro atoms. The third kappa shape index (κ3) is 6.65. The van der Waals surface area contributed by atoms with E-state index in [1.54, 1.807) is 86.4 Å². The fourth-order valence-corrected chi connectivity index (χ4v) is 4.54. The lowest BCUT2D eigenvalue weighted by Gasteiger charge is -2.24. The van der Waals surface area contributed by atoms with Crippen LogP contribution in [0.15, 0.2) is 61.1 Å². The number of rotatable bonds is 9. The van der Waals surface area contributed by atoms with E-state index in [0.717, 1.165) is 10.6 Å². The summed E-state index contributed by atoms with van der Waals surface area (Å²) in [6.07, 6.45) is 2.64. The Balaban J connectivity index is 1.47. The van der Waals surface area contributed by atoms with Gasteiger partial charge in [0.1, 0.15) is 17.7 Å². The summed E-state index contributed by atoms with van der Waals surface area (Å²) >= 11 is 0. The smallest absolute Gasteiger partial charge is 0.408 e. The number of alkyl carbamates (subject to hydrolysis) is 1. The minimum absolute atomic E-state index is 0.0603. The number of hydrogen-bond acceptors (Lipinski definition) is 9. The normalized spacial score (nSPS) is 14.2. The number of carbonyl (C=O) groups is 5. The highest BCUT2D eigenvalue weighted by molar-refractivity contribution is 6.22. The summed E-state index contributed by atoms with van der Waals surface area (Å²) < 4.78 is 16.7. The highest BCUT2D eigenvalue weighted by atomic mass is 16.6. The van der Waals surface area contributed by atoms with E-state index in [2.05, 4.69) is 10.3 Å². The first kappa shape index (κ1) is 30.0. The van der Waals surface area contributed by atoms with Gasteiger partial charge >= 0.3 is 18.0 Å². The van der Waals surface area contributed by atoms with Crippen molar-refractivity contribution in [2.75, 3.05) is 14.2 Å². The lowest BCUT2D eigenvalue weighted by molar-refractivity contribution is -0.145. The molecule has 0 bridgehead atoms. The molecular formula is C30H32N4O8. The van der Waals surface area contributed by atoms with Crippen molar-refractivity contribution >= 4 is 29.8 Å². The number of nitrogens with zero attached hydrogens (tertiary/aromatic N) is 3. The van der Waals surface area contributed by atoms with Crippen LogP contribution in [0.25, 0.3) is 5.69 Å². The van der Waals surface area contributed by atoms with Crippen LogP contribution < -0.4 is 5.32 Å². The van der Waals surface area contributed by atoms with Gasteiger partial charge in [0.2, 0.25) is 0 Å². The monoisotopic (exact) mass is 576 g/mol. The van der Waals surface area contributed by atoms with E-state index in [1.807, 2.05) is 0 Å². The van der Waals surface area contributed by atoms with E-state index in [4.69, 9.17) is 14.2 Å². The molecular weight excluding hydrogens is 544 g/mol. The van der Waals surface area contributed by atoms with Gasteiger partial charge in [-0.15, -0.1) is 0 Å². The summed E-state index contributed by atoms with van der Waals surface area (Å²) in [5.74, 6) is -2.43. The van der Waals surface area contributed by atoms with Gasteiger partial charge in [0, 0.05) is 24.7 Å². The number of methoxy groups -OCH3 is 2. The minimum Gasteiger partial charge on any atom is -0.467 e. The Bertz CT molecular complexity index is 1470. The van der Waals surface area contributed by atoms with Crippen molar-refractivity contribution in [2.24, 2.45) is 0 Å². The molecule has 1 aliphatic rings. The Morgan fingerprint density at radius 3 is 2.02 bits per heavy atom. The van der Waals surface area contributed by atoms with Gasteiger partial charge in [0.25, 0.3) is 11.8 Å². The fourth-order valence-electron chi connectivity index (χ4n) is 4.54. The van der Waals surface area contributed by atoms with Crippen LogP contribution in [0.4, 0.5) is 4.79 Å². The molecule has 1 N–H and O–H groups in total. The van der Waals surface area contributed by atoms with Crippen molar-refractivity contribution < 1.29 is 38.2 Å². The lowest BCUT2D eigenvalue weighted by Crippen LogP contribution is -2.46. The van der Waals surface area contributed by atoms with Crippen molar-refractivity contribution in [3.8, 4) is 5.69 Å². The molecule has 12 heteroatoms. The highest BCUT2D eigenvalue weighted by Crippen LogP contribution is 2.26. The van der Waals surface area contributed by atoms with Crippen molar-refractivity contribution in [3.63, 3.8) is 0 Å². The number of hydrogen-bond donors (Lipinski definition) is 1. The average Bonchev–Trinajstić information content (AvgIpc) is 3.52. The van der Waals surface area contributed by atoms with Crippen LogP contribution in [0.1, 0.15) is 52.7 Å². The number of imide groups is 1. The lowest BCUT2D eigenvalue weighted by atomic mass is 10.0. The third-order valence-electron chi connectivity index (χ3n) is 6.50. The SMILES string of the molecule is COC(=O)[C@@H](Cc1ccc(-n2cnc(C[C@@H](NC(=O)OC(C)(C)C)C(=O)OC)c2)cc1)N1C(=O)c2ccccc2C1=O. The molecule has 12 nitrogen and oxygen atoms in total. The van der Waals surface area contributed by atoms with Gasteiger partial charge in [-0.25, -0.2) is 19.4 Å². The van der Waals surface area contributed by atoms with Crippen molar-refractivity contribution in [2.45, 2.75) is 51.3 Å². The number of esters is 2. The number of amides is 3. The molecule has 1 aliphatic heterocycles. The van der Waals surface area contributed by atoms with E-state index >= 15 is 0 Å². The number of benzene rings is 2. The van der Waals surface area contributed by atoms with Crippen LogP contribution in [-0.2, 0) is 36.6 Å². The van der Waals surface area contributed by atoms with Gasteiger partial charge in [-0.1, -0.05) is 24.3 Å².